The van der Waals surface area contributed by atoms with Gasteiger partial charge in [0, 0.05) is 24.1 Å². The molecule has 0 aliphatic heterocycles. The Hall–Kier alpha value is -2.59. The second-order valence-corrected chi connectivity index (χ2v) is 11.3. The highest BCUT2D eigenvalue weighted by molar-refractivity contribution is 7.98. The molecule has 0 bridgehead atoms. The van der Waals surface area contributed by atoms with Crippen molar-refractivity contribution in [3.63, 3.8) is 0 Å². The van der Waals surface area contributed by atoms with E-state index in [1.807, 2.05) is 12.1 Å². The molecule has 1 N–H and O–H groups in total. The predicted molar refractivity (Wildman–Crippen MR) is 146 cm³/mol. The fourth-order valence-electron chi connectivity index (χ4n) is 3.28. The van der Waals surface area contributed by atoms with Crippen LogP contribution in [0.3, 0.4) is 0 Å². The van der Waals surface area contributed by atoms with Crippen molar-refractivity contribution >= 4 is 56.6 Å². The van der Waals surface area contributed by atoms with Gasteiger partial charge >= 0.3 is 0 Å². The highest BCUT2D eigenvalue weighted by atomic mass is 35.5. The van der Waals surface area contributed by atoms with Crippen LogP contribution in [0.4, 0.5) is 5.69 Å². The molecule has 0 aliphatic rings. The standard InChI is InChI=1S/C25H26Cl2N2O5S2/c1-33-19-9-11-24(34-2)23(15-19)29(36(31,32)20-6-4-3-5-7-20)16-25(30)28-12-13-35-17-18-8-10-21(26)22(27)14-18/h3-11,14-15H,12-13,16-17H2,1-2H3,(H,28,30). The van der Waals surface area contributed by atoms with E-state index in [1.165, 1.54) is 32.4 Å². The van der Waals surface area contributed by atoms with Crippen molar-refractivity contribution in [2.75, 3.05) is 37.4 Å². The van der Waals surface area contributed by atoms with E-state index in [4.69, 9.17) is 32.7 Å². The smallest absolute Gasteiger partial charge is 0.264 e. The molecule has 0 heterocycles. The van der Waals surface area contributed by atoms with E-state index in [0.717, 1.165) is 9.87 Å². The fraction of sp³-hybridized carbons (Fsp3) is 0.240. The number of rotatable bonds is 12. The largest absolute Gasteiger partial charge is 0.497 e. The Kier molecular flexibility index (Phi) is 10.2. The Morgan fingerprint density at radius 3 is 2.39 bits per heavy atom. The first-order valence-corrected chi connectivity index (χ1v) is 14.2. The van der Waals surface area contributed by atoms with Crippen molar-refractivity contribution < 1.29 is 22.7 Å². The van der Waals surface area contributed by atoms with Crippen molar-refractivity contribution in [3.8, 4) is 11.5 Å². The Balaban J connectivity index is 1.71. The molecule has 3 aromatic rings. The molecule has 7 nitrogen and oxygen atoms in total. The first-order valence-electron chi connectivity index (χ1n) is 10.8. The molecule has 0 aromatic heterocycles. The van der Waals surface area contributed by atoms with Crippen LogP contribution in [0.1, 0.15) is 5.56 Å². The summed E-state index contributed by atoms with van der Waals surface area (Å²) < 4.78 is 38.8. The van der Waals surface area contributed by atoms with E-state index in [-0.39, 0.29) is 10.6 Å². The van der Waals surface area contributed by atoms with E-state index in [1.54, 1.807) is 48.2 Å². The Labute approximate surface area is 225 Å². The molecule has 3 rings (SSSR count). The van der Waals surface area contributed by atoms with Gasteiger partial charge in [-0.2, -0.15) is 11.8 Å². The summed E-state index contributed by atoms with van der Waals surface area (Å²) in [6.07, 6.45) is 0. The number of nitrogens with zero attached hydrogens (tertiary/aromatic N) is 1. The summed E-state index contributed by atoms with van der Waals surface area (Å²) in [5.41, 5.74) is 1.22. The lowest BCUT2D eigenvalue weighted by Gasteiger charge is -2.26. The molecule has 0 fully saturated rings. The first kappa shape index (κ1) is 28.0. The van der Waals surface area contributed by atoms with Gasteiger partial charge in [-0.15, -0.1) is 0 Å². The van der Waals surface area contributed by atoms with Crippen molar-refractivity contribution in [1.29, 1.82) is 0 Å². The average Bonchev–Trinajstić information content (AvgIpc) is 2.89. The van der Waals surface area contributed by atoms with Crippen LogP contribution in [0, 0.1) is 0 Å². The van der Waals surface area contributed by atoms with Crippen LogP contribution in [0.25, 0.3) is 0 Å². The molecule has 3 aromatic carbocycles. The number of sulfonamides is 1. The number of hydrogen-bond donors (Lipinski definition) is 1. The second kappa shape index (κ2) is 13.1. The van der Waals surface area contributed by atoms with Crippen LogP contribution in [0.15, 0.2) is 71.6 Å². The summed E-state index contributed by atoms with van der Waals surface area (Å²) in [4.78, 5) is 12.9. The van der Waals surface area contributed by atoms with Gasteiger partial charge in [-0.3, -0.25) is 9.10 Å². The lowest BCUT2D eigenvalue weighted by molar-refractivity contribution is -0.119. The number of anilines is 1. The van der Waals surface area contributed by atoms with Gasteiger partial charge in [-0.1, -0.05) is 47.5 Å². The van der Waals surface area contributed by atoms with Crippen LogP contribution >= 0.6 is 35.0 Å². The molecule has 1 amide bonds. The van der Waals surface area contributed by atoms with Gasteiger partial charge in [0.05, 0.1) is 34.8 Å². The monoisotopic (exact) mass is 568 g/mol. The van der Waals surface area contributed by atoms with Gasteiger partial charge in [0.1, 0.15) is 18.0 Å². The minimum absolute atomic E-state index is 0.0554. The second-order valence-electron chi connectivity index (χ2n) is 7.51. The molecule has 0 unspecified atom stereocenters. The van der Waals surface area contributed by atoms with Gasteiger partial charge in [-0.25, -0.2) is 8.42 Å². The SMILES string of the molecule is COc1ccc(OC)c(N(CC(=O)NCCSCc2ccc(Cl)c(Cl)c2)S(=O)(=O)c2ccccc2)c1. The maximum Gasteiger partial charge on any atom is 0.264 e. The number of nitrogens with one attached hydrogen (secondary N) is 1. The summed E-state index contributed by atoms with van der Waals surface area (Å²) in [6.45, 7) is -0.0719. The summed E-state index contributed by atoms with van der Waals surface area (Å²) in [5, 5.41) is 3.79. The molecule has 0 radical (unpaired) electrons. The molecular weight excluding hydrogens is 543 g/mol. The van der Waals surface area contributed by atoms with Crippen LogP contribution in [-0.2, 0) is 20.6 Å². The zero-order valence-corrected chi connectivity index (χ0v) is 22.9. The maximum atomic E-state index is 13.5. The number of methoxy groups -OCH3 is 2. The molecule has 11 heteroatoms. The molecule has 0 aliphatic carbocycles. The minimum atomic E-state index is -4.08. The van der Waals surface area contributed by atoms with E-state index in [0.29, 0.717) is 39.6 Å². The van der Waals surface area contributed by atoms with Gasteiger partial charge in [-0.05, 0) is 42.0 Å². The Morgan fingerprint density at radius 2 is 1.72 bits per heavy atom. The third-order valence-electron chi connectivity index (χ3n) is 5.09. The molecule has 0 spiro atoms. The normalized spacial score (nSPS) is 11.1. The van der Waals surface area contributed by atoms with Crippen molar-refractivity contribution in [2.45, 2.75) is 10.6 Å². The molecular formula is C25H26Cl2N2O5S2. The van der Waals surface area contributed by atoms with Crippen molar-refractivity contribution in [3.05, 3.63) is 82.3 Å². The third kappa shape index (κ3) is 7.22. The number of amides is 1. The lowest BCUT2D eigenvalue weighted by Crippen LogP contribution is -2.41. The molecule has 36 heavy (non-hydrogen) atoms. The summed E-state index contributed by atoms with van der Waals surface area (Å²) in [6, 6.07) is 18.2. The van der Waals surface area contributed by atoms with E-state index < -0.39 is 22.5 Å². The number of ether oxygens (including phenoxy) is 2. The highest BCUT2D eigenvalue weighted by Gasteiger charge is 2.29. The summed E-state index contributed by atoms with van der Waals surface area (Å²) >= 11 is 13.6. The van der Waals surface area contributed by atoms with E-state index in [9.17, 15) is 13.2 Å². The van der Waals surface area contributed by atoms with Crippen molar-refractivity contribution in [1.82, 2.24) is 5.32 Å². The summed E-state index contributed by atoms with van der Waals surface area (Å²) in [7, 11) is -1.17. The van der Waals surface area contributed by atoms with Crippen LogP contribution in [-0.4, -0.2) is 47.4 Å². The van der Waals surface area contributed by atoms with E-state index >= 15 is 0 Å². The van der Waals surface area contributed by atoms with Gasteiger partial charge < -0.3 is 14.8 Å². The van der Waals surface area contributed by atoms with Crippen LogP contribution in [0.2, 0.25) is 10.0 Å². The van der Waals surface area contributed by atoms with Gasteiger partial charge in [0.15, 0.2) is 0 Å². The van der Waals surface area contributed by atoms with Crippen LogP contribution < -0.4 is 19.1 Å². The van der Waals surface area contributed by atoms with E-state index in [2.05, 4.69) is 5.32 Å². The summed E-state index contributed by atoms with van der Waals surface area (Å²) in [5.74, 6) is 1.59. The van der Waals surface area contributed by atoms with Gasteiger partial charge in [0.25, 0.3) is 10.0 Å². The van der Waals surface area contributed by atoms with Gasteiger partial charge in [0.2, 0.25) is 5.91 Å². The molecule has 192 valence electrons. The average molecular weight is 570 g/mol. The number of benzene rings is 3. The zero-order valence-electron chi connectivity index (χ0n) is 19.7. The number of carbonyl (C=O) groups is 1. The number of thioether (sulfide) groups is 1. The molecule has 0 saturated heterocycles. The minimum Gasteiger partial charge on any atom is -0.497 e. The Bertz CT molecular complexity index is 1290. The van der Waals surface area contributed by atoms with Crippen molar-refractivity contribution in [2.24, 2.45) is 0 Å². The topological polar surface area (TPSA) is 84.9 Å². The van der Waals surface area contributed by atoms with Crippen LogP contribution in [0.5, 0.6) is 11.5 Å². The number of carbonyl (C=O) groups excluding carboxylic acids is 1. The third-order valence-corrected chi connectivity index (χ3v) is 8.64. The lowest BCUT2D eigenvalue weighted by atomic mass is 10.2. The zero-order chi connectivity index (χ0) is 26.1. The first-order chi connectivity index (χ1) is 17.3. The fourth-order valence-corrected chi connectivity index (χ4v) is 5.85. The predicted octanol–water partition coefficient (Wildman–Crippen LogP) is 5.26. The molecule has 0 atom stereocenters. The highest BCUT2D eigenvalue weighted by Crippen LogP contribution is 2.35. The Morgan fingerprint density at radius 1 is 0.972 bits per heavy atom. The molecule has 0 saturated carbocycles. The number of halogens is 2. The quantitative estimate of drug-likeness (QED) is 0.300. The maximum absolute atomic E-state index is 13.5. The number of hydrogen-bond acceptors (Lipinski definition) is 6.